The van der Waals surface area contributed by atoms with Gasteiger partial charge in [0.05, 0.1) is 6.20 Å². The van der Waals surface area contributed by atoms with E-state index >= 15 is 0 Å². The highest BCUT2D eigenvalue weighted by Gasteiger charge is 2.63. The van der Waals surface area contributed by atoms with Crippen molar-refractivity contribution < 1.29 is 26.7 Å². The van der Waals surface area contributed by atoms with Crippen LogP contribution >= 0.6 is 0 Å². The van der Waals surface area contributed by atoms with Gasteiger partial charge in [-0.1, -0.05) is 12.1 Å². The van der Waals surface area contributed by atoms with Crippen molar-refractivity contribution in [2.24, 2.45) is 10.7 Å². The van der Waals surface area contributed by atoms with Crippen LogP contribution in [0.25, 0.3) is 11.1 Å². The third-order valence-electron chi connectivity index (χ3n) is 5.01. The molecule has 0 saturated heterocycles. The maximum Gasteiger partial charge on any atom is 0.310 e. The number of ether oxygens (including phenoxy) is 1. The molecule has 1 aliphatic carbocycles. The van der Waals surface area contributed by atoms with E-state index in [4.69, 9.17) is 5.73 Å². The summed E-state index contributed by atoms with van der Waals surface area (Å²) in [5.41, 5.74) is 2.91. The minimum Gasteiger partial charge on any atom is -0.459 e. The van der Waals surface area contributed by atoms with Crippen molar-refractivity contribution in [3.63, 3.8) is 0 Å². The Balaban J connectivity index is 1.98. The lowest BCUT2D eigenvalue weighted by atomic mass is 9.70. The van der Waals surface area contributed by atoms with Gasteiger partial charge >= 0.3 is 5.92 Å². The first-order chi connectivity index (χ1) is 12.6. The Morgan fingerprint density at radius 2 is 1.74 bits per heavy atom. The molecule has 1 spiro atoms. The van der Waals surface area contributed by atoms with Crippen LogP contribution in [-0.2, 0) is 16.2 Å². The normalized spacial score (nSPS) is 25.4. The molecule has 0 saturated carbocycles. The summed E-state index contributed by atoms with van der Waals surface area (Å²) in [5, 5.41) is 0. The predicted octanol–water partition coefficient (Wildman–Crippen LogP) is 3.95. The van der Waals surface area contributed by atoms with E-state index in [1.54, 1.807) is 0 Å². The molecule has 0 radical (unpaired) electrons. The molecule has 9 heteroatoms. The summed E-state index contributed by atoms with van der Waals surface area (Å²) in [7, 11) is 0. The number of hydrogen-bond acceptors (Lipinski definition) is 4. The molecule has 1 aromatic heterocycles. The molecular weight excluding hydrogens is 369 g/mol. The van der Waals surface area contributed by atoms with Gasteiger partial charge in [-0.3, -0.25) is 4.98 Å². The maximum atomic E-state index is 14.8. The number of nitrogens with two attached hydrogens (primary N) is 1. The first kappa shape index (κ1) is 17.7. The second-order valence-corrected chi connectivity index (χ2v) is 6.66. The minimum atomic E-state index is -3.54. The monoisotopic (exact) mass is 383 g/mol. The zero-order chi connectivity index (χ0) is 19.4. The average molecular weight is 383 g/mol. The number of pyridine rings is 1. The van der Waals surface area contributed by atoms with Crippen molar-refractivity contribution in [2.75, 3.05) is 6.61 Å². The number of aliphatic imine (C=N–C) groups is 1. The first-order valence-electron chi connectivity index (χ1n) is 8.14. The standard InChI is InChI=1S/C18H14F5N3O/c19-12-5-11(7-25-8-12)10-1-2-13-14(6-10)16(3-4-17(13,20)21)18(22,23)9-27-15(24)26-16/h1-2,5-8H,3-4,9H2,(H2,24,26). The molecule has 2 aromatic rings. The van der Waals surface area contributed by atoms with Crippen molar-refractivity contribution in [2.45, 2.75) is 30.2 Å². The Kier molecular flexibility index (Phi) is 3.70. The van der Waals surface area contributed by atoms with Gasteiger partial charge in [-0.15, -0.1) is 0 Å². The highest BCUT2D eigenvalue weighted by Crippen LogP contribution is 2.56. The summed E-state index contributed by atoms with van der Waals surface area (Å²) in [6, 6.07) is 4.26. The van der Waals surface area contributed by atoms with Crippen molar-refractivity contribution in [1.29, 1.82) is 0 Å². The highest BCUT2D eigenvalue weighted by molar-refractivity contribution is 5.74. The van der Waals surface area contributed by atoms with Crippen LogP contribution in [0.3, 0.4) is 0 Å². The maximum absolute atomic E-state index is 14.8. The van der Waals surface area contributed by atoms with Gasteiger partial charge in [0.2, 0.25) is 0 Å². The van der Waals surface area contributed by atoms with Crippen LogP contribution in [0.2, 0.25) is 0 Å². The van der Waals surface area contributed by atoms with Crippen LogP contribution in [-0.4, -0.2) is 23.5 Å². The van der Waals surface area contributed by atoms with Crippen molar-refractivity contribution in [3.8, 4) is 11.1 Å². The van der Waals surface area contributed by atoms with E-state index in [9.17, 15) is 22.0 Å². The fourth-order valence-corrected chi connectivity index (χ4v) is 3.64. The number of amidine groups is 1. The molecule has 0 amide bonds. The third kappa shape index (κ3) is 2.64. The van der Waals surface area contributed by atoms with E-state index < -0.39 is 54.2 Å². The van der Waals surface area contributed by atoms with E-state index in [1.165, 1.54) is 18.3 Å². The summed E-state index contributed by atoms with van der Waals surface area (Å²) in [6.45, 7) is -1.06. The van der Waals surface area contributed by atoms with Crippen LogP contribution in [0.4, 0.5) is 22.0 Å². The zero-order valence-electron chi connectivity index (χ0n) is 13.9. The van der Waals surface area contributed by atoms with Crippen molar-refractivity contribution >= 4 is 6.02 Å². The number of rotatable bonds is 1. The van der Waals surface area contributed by atoms with E-state index in [0.29, 0.717) is 0 Å². The Morgan fingerprint density at radius 3 is 2.48 bits per heavy atom. The molecule has 142 valence electrons. The molecule has 4 nitrogen and oxygen atoms in total. The SMILES string of the molecule is NC1=NC2(CCC(F)(F)c3ccc(-c4cncc(F)c4)cc32)C(F)(F)CO1. The lowest BCUT2D eigenvalue weighted by molar-refractivity contribution is -0.143. The average Bonchev–Trinajstić information content (AvgIpc) is 2.61. The lowest BCUT2D eigenvalue weighted by Gasteiger charge is -2.45. The summed E-state index contributed by atoms with van der Waals surface area (Å²) < 4.78 is 76.7. The fraction of sp³-hybridized carbons (Fsp3) is 0.333. The number of nitrogens with zero attached hydrogens (tertiary/aromatic N) is 2. The molecule has 4 rings (SSSR count). The number of alkyl halides is 4. The fourth-order valence-electron chi connectivity index (χ4n) is 3.64. The Hall–Kier alpha value is -2.71. The number of benzene rings is 1. The van der Waals surface area contributed by atoms with Gasteiger partial charge in [0.15, 0.2) is 12.1 Å². The molecule has 2 N–H and O–H groups in total. The molecule has 0 fully saturated rings. The van der Waals surface area contributed by atoms with Gasteiger partial charge in [0, 0.05) is 23.7 Å². The molecule has 1 unspecified atom stereocenters. The second kappa shape index (κ2) is 5.64. The molecule has 0 bridgehead atoms. The Morgan fingerprint density at radius 1 is 0.963 bits per heavy atom. The Bertz CT molecular complexity index is 946. The van der Waals surface area contributed by atoms with Gasteiger partial charge in [0.25, 0.3) is 11.9 Å². The quantitative estimate of drug-likeness (QED) is 0.759. The van der Waals surface area contributed by atoms with Crippen molar-refractivity contribution in [1.82, 2.24) is 4.98 Å². The van der Waals surface area contributed by atoms with Crippen LogP contribution in [0.5, 0.6) is 0 Å². The molecule has 1 atom stereocenters. The number of fused-ring (bicyclic) bond motifs is 2. The molecule has 1 aliphatic heterocycles. The largest absolute Gasteiger partial charge is 0.459 e. The summed E-state index contributed by atoms with van der Waals surface area (Å²) in [5.74, 6) is -7.47. The number of aromatic nitrogens is 1. The third-order valence-corrected chi connectivity index (χ3v) is 5.01. The van der Waals surface area contributed by atoms with E-state index in [-0.39, 0.29) is 16.7 Å². The van der Waals surface area contributed by atoms with Crippen LogP contribution in [0.15, 0.2) is 41.7 Å². The smallest absolute Gasteiger partial charge is 0.310 e. The van der Waals surface area contributed by atoms with Gasteiger partial charge in [0.1, 0.15) is 5.82 Å². The predicted molar refractivity (Wildman–Crippen MR) is 87.0 cm³/mol. The summed E-state index contributed by atoms with van der Waals surface area (Å²) in [6.07, 6.45) is 0.898. The molecule has 2 heterocycles. The van der Waals surface area contributed by atoms with Crippen LogP contribution in [0, 0.1) is 5.82 Å². The first-order valence-corrected chi connectivity index (χ1v) is 8.14. The highest BCUT2D eigenvalue weighted by atomic mass is 19.3. The zero-order valence-corrected chi connectivity index (χ0v) is 13.9. The molecule has 1 aromatic carbocycles. The van der Waals surface area contributed by atoms with E-state index in [0.717, 1.165) is 18.3 Å². The van der Waals surface area contributed by atoms with Gasteiger partial charge < -0.3 is 10.5 Å². The lowest BCUT2D eigenvalue weighted by Crippen LogP contribution is -2.55. The van der Waals surface area contributed by atoms with Crippen molar-refractivity contribution in [3.05, 3.63) is 53.6 Å². The van der Waals surface area contributed by atoms with Crippen LogP contribution < -0.4 is 5.73 Å². The topological polar surface area (TPSA) is 60.5 Å². The molecule has 2 aliphatic rings. The van der Waals surface area contributed by atoms with Crippen LogP contribution in [0.1, 0.15) is 24.0 Å². The minimum absolute atomic E-state index is 0.272. The second-order valence-electron chi connectivity index (χ2n) is 6.66. The number of halogens is 5. The number of hydrogen-bond donors (Lipinski definition) is 1. The molecule has 27 heavy (non-hydrogen) atoms. The van der Waals surface area contributed by atoms with Gasteiger partial charge in [-0.2, -0.15) is 8.78 Å². The summed E-state index contributed by atoms with van der Waals surface area (Å²) in [4.78, 5) is 7.49. The van der Waals surface area contributed by atoms with Gasteiger partial charge in [-0.25, -0.2) is 18.2 Å². The molecular formula is C18H14F5N3O. The van der Waals surface area contributed by atoms with Gasteiger partial charge in [-0.05, 0) is 29.7 Å². The van der Waals surface area contributed by atoms with E-state index in [1.807, 2.05) is 0 Å². The Labute approximate surface area is 150 Å². The van der Waals surface area contributed by atoms with E-state index in [2.05, 4.69) is 14.7 Å². The summed E-state index contributed by atoms with van der Waals surface area (Å²) >= 11 is 0.